The van der Waals surface area contributed by atoms with Gasteiger partial charge in [0, 0.05) is 25.5 Å². The summed E-state index contributed by atoms with van der Waals surface area (Å²) in [7, 11) is 0. The maximum absolute atomic E-state index is 14.4. The van der Waals surface area contributed by atoms with Gasteiger partial charge >= 0.3 is 5.92 Å². The zero-order valence-corrected chi connectivity index (χ0v) is 13.6. The summed E-state index contributed by atoms with van der Waals surface area (Å²) in [6, 6.07) is -0.238. The molecule has 2 fully saturated rings. The number of rotatable bonds is 3. The molecule has 24 heavy (non-hydrogen) atoms. The van der Waals surface area contributed by atoms with E-state index in [-0.39, 0.29) is 18.6 Å². The van der Waals surface area contributed by atoms with Gasteiger partial charge in [-0.3, -0.25) is 14.8 Å². The molecule has 0 N–H and O–H groups in total. The molecular formula is C14H14F2N6OS. The molecule has 2 aromatic rings. The quantitative estimate of drug-likeness (QED) is 0.827. The fraction of sp³-hybridized carbons (Fsp3) is 0.500. The van der Waals surface area contributed by atoms with Crippen LogP contribution in [0.5, 0.6) is 0 Å². The van der Waals surface area contributed by atoms with Gasteiger partial charge in [-0.2, -0.15) is 8.78 Å². The van der Waals surface area contributed by atoms with E-state index in [1.54, 1.807) is 0 Å². The van der Waals surface area contributed by atoms with Crippen LogP contribution in [0.3, 0.4) is 0 Å². The summed E-state index contributed by atoms with van der Waals surface area (Å²) in [4.78, 5) is 22.9. The second-order valence-electron chi connectivity index (χ2n) is 5.92. The van der Waals surface area contributed by atoms with Gasteiger partial charge in [-0.1, -0.05) is 11.3 Å². The average Bonchev–Trinajstić information content (AvgIpc) is 3.29. The highest BCUT2D eigenvalue weighted by Gasteiger charge is 2.53. The number of anilines is 1. The number of halogens is 2. The number of nitrogens with zero attached hydrogens (tertiary/aromatic N) is 6. The monoisotopic (exact) mass is 352 g/mol. The number of alkyl halides is 2. The Bertz CT molecular complexity index is 770. The van der Waals surface area contributed by atoms with Crippen molar-refractivity contribution in [2.75, 3.05) is 18.0 Å². The Hall–Kier alpha value is -2.23. The third kappa shape index (κ3) is 2.32. The number of piperazine rings is 1. The van der Waals surface area contributed by atoms with Crippen LogP contribution < -0.4 is 4.90 Å². The molecule has 0 aromatic carbocycles. The van der Waals surface area contributed by atoms with Gasteiger partial charge in [-0.15, -0.1) is 10.2 Å². The summed E-state index contributed by atoms with van der Waals surface area (Å²) in [5.74, 6) is -4.87. The first-order valence-electron chi connectivity index (χ1n) is 7.49. The Morgan fingerprint density at radius 3 is 2.71 bits per heavy atom. The molecule has 2 bridgehead atoms. The molecule has 4 rings (SSSR count). The van der Waals surface area contributed by atoms with Gasteiger partial charge in [-0.05, 0) is 13.3 Å². The first-order chi connectivity index (χ1) is 11.5. The van der Waals surface area contributed by atoms with Gasteiger partial charge in [0.25, 0.3) is 5.91 Å². The molecule has 0 spiro atoms. The van der Waals surface area contributed by atoms with Crippen LogP contribution in [0.25, 0.3) is 0 Å². The van der Waals surface area contributed by atoms with E-state index in [0.717, 1.165) is 22.5 Å². The van der Waals surface area contributed by atoms with Crippen LogP contribution in [0.2, 0.25) is 0 Å². The number of hydrogen-bond donors (Lipinski definition) is 0. The molecule has 7 nitrogen and oxygen atoms in total. The molecule has 2 aromatic heterocycles. The lowest BCUT2D eigenvalue weighted by Crippen LogP contribution is -2.52. The molecule has 2 atom stereocenters. The third-order valence-electron chi connectivity index (χ3n) is 4.42. The van der Waals surface area contributed by atoms with Gasteiger partial charge in [-0.25, -0.2) is 0 Å². The van der Waals surface area contributed by atoms with Gasteiger partial charge in [0.2, 0.25) is 5.13 Å². The van der Waals surface area contributed by atoms with Crippen molar-refractivity contribution in [2.24, 2.45) is 0 Å². The summed E-state index contributed by atoms with van der Waals surface area (Å²) < 4.78 is 28.8. The van der Waals surface area contributed by atoms with Crippen LogP contribution >= 0.6 is 11.3 Å². The van der Waals surface area contributed by atoms with E-state index in [9.17, 15) is 13.6 Å². The number of aromatic nitrogens is 4. The number of carbonyl (C=O) groups is 1. The van der Waals surface area contributed by atoms with E-state index in [1.165, 1.54) is 22.4 Å². The fourth-order valence-corrected chi connectivity index (χ4v) is 4.07. The Morgan fingerprint density at radius 1 is 1.29 bits per heavy atom. The van der Waals surface area contributed by atoms with Gasteiger partial charge in [0.05, 0.1) is 18.3 Å². The predicted octanol–water partition coefficient (Wildman–Crippen LogP) is 1.22. The smallest absolute Gasteiger partial charge is 0.340 e. The molecule has 0 unspecified atom stereocenters. The average molecular weight is 352 g/mol. The number of aryl methyl sites for hydroxylation is 1. The van der Waals surface area contributed by atoms with Crippen LogP contribution in [0, 0.1) is 6.92 Å². The maximum Gasteiger partial charge on any atom is 0.367 e. The fourth-order valence-electron chi connectivity index (χ4n) is 3.30. The van der Waals surface area contributed by atoms with Gasteiger partial charge < -0.3 is 9.80 Å². The van der Waals surface area contributed by atoms with Crippen molar-refractivity contribution in [2.45, 2.75) is 31.4 Å². The van der Waals surface area contributed by atoms with E-state index in [0.29, 0.717) is 13.0 Å². The van der Waals surface area contributed by atoms with Crippen molar-refractivity contribution in [1.82, 2.24) is 25.1 Å². The van der Waals surface area contributed by atoms with E-state index in [2.05, 4.69) is 25.1 Å². The van der Waals surface area contributed by atoms with Crippen LogP contribution in [-0.2, 0) is 10.7 Å². The minimum atomic E-state index is -3.66. The summed E-state index contributed by atoms with van der Waals surface area (Å²) in [5, 5.41) is 9.74. The molecule has 0 aliphatic carbocycles. The summed E-state index contributed by atoms with van der Waals surface area (Å²) >= 11 is 1.47. The highest BCUT2D eigenvalue weighted by atomic mass is 32.1. The molecule has 126 valence electrons. The van der Waals surface area contributed by atoms with E-state index >= 15 is 0 Å². The third-order valence-corrected chi connectivity index (χ3v) is 5.29. The van der Waals surface area contributed by atoms with Crippen LogP contribution in [-0.4, -0.2) is 56.1 Å². The first-order valence-corrected chi connectivity index (χ1v) is 8.30. The maximum atomic E-state index is 14.4. The Kier molecular flexibility index (Phi) is 3.44. The van der Waals surface area contributed by atoms with E-state index < -0.39 is 17.5 Å². The number of carbonyl (C=O) groups excluding carboxylic acids is 1. The Balaban J connectivity index is 1.51. The topological polar surface area (TPSA) is 75.1 Å². The standard InChI is InChI=1S/C14H14F2N6OS/c1-8-19-20-13(24-8)22-7-9-4-10(22)6-21(9)12(23)14(15,16)11-5-17-2-3-18-11/h2-3,5,9-10H,4,6-7H2,1H3/t9-,10-/m0/s1. The SMILES string of the molecule is Cc1nnc(N2C[C@@H]3C[C@H]2CN3C(=O)C(F)(F)c2cnccn2)s1. The number of hydrogen-bond acceptors (Lipinski definition) is 7. The zero-order chi connectivity index (χ0) is 16.9. The summed E-state index contributed by atoms with van der Waals surface area (Å²) in [5.41, 5.74) is -0.616. The number of amides is 1. The minimum absolute atomic E-state index is 0.00366. The van der Waals surface area contributed by atoms with Crippen molar-refractivity contribution in [3.05, 3.63) is 29.3 Å². The molecule has 1 amide bonds. The predicted molar refractivity (Wildman–Crippen MR) is 81.8 cm³/mol. The molecule has 0 radical (unpaired) electrons. The molecule has 10 heteroatoms. The lowest BCUT2D eigenvalue weighted by Gasteiger charge is -2.35. The highest BCUT2D eigenvalue weighted by molar-refractivity contribution is 7.15. The normalized spacial score (nSPS) is 23.1. The minimum Gasteiger partial charge on any atom is -0.340 e. The molecular weight excluding hydrogens is 338 g/mol. The second-order valence-corrected chi connectivity index (χ2v) is 7.08. The van der Waals surface area contributed by atoms with Gasteiger partial charge in [0.15, 0.2) is 0 Å². The number of fused-ring (bicyclic) bond motifs is 2. The lowest BCUT2D eigenvalue weighted by atomic mass is 10.2. The van der Waals surface area contributed by atoms with E-state index in [4.69, 9.17) is 0 Å². The number of likely N-dealkylation sites (tertiary alicyclic amines) is 1. The van der Waals surface area contributed by atoms with Gasteiger partial charge in [0.1, 0.15) is 10.7 Å². The molecule has 2 aliphatic rings. The van der Waals surface area contributed by atoms with Crippen LogP contribution in [0.1, 0.15) is 17.1 Å². The van der Waals surface area contributed by atoms with E-state index in [1.807, 2.05) is 6.92 Å². The van der Waals surface area contributed by atoms with Crippen molar-refractivity contribution >= 4 is 22.4 Å². The van der Waals surface area contributed by atoms with Crippen LogP contribution in [0.15, 0.2) is 18.6 Å². The lowest BCUT2D eigenvalue weighted by molar-refractivity contribution is -0.160. The summed E-state index contributed by atoms with van der Waals surface area (Å²) in [6.45, 7) is 2.63. The van der Waals surface area contributed by atoms with Crippen molar-refractivity contribution in [1.29, 1.82) is 0 Å². The van der Waals surface area contributed by atoms with Crippen molar-refractivity contribution < 1.29 is 13.6 Å². The highest BCUT2D eigenvalue weighted by Crippen LogP contribution is 2.39. The van der Waals surface area contributed by atoms with Crippen LogP contribution in [0.4, 0.5) is 13.9 Å². The Labute approximate surface area is 140 Å². The molecule has 4 heterocycles. The summed E-state index contributed by atoms with van der Waals surface area (Å²) in [6.07, 6.45) is 4.06. The molecule has 0 saturated carbocycles. The van der Waals surface area contributed by atoms with Crippen molar-refractivity contribution in [3.63, 3.8) is 0 Å². The molecule has 2 aliphatic heterocycles. The van der Waals surface area contributed by atoms with Crippen molar-refractivity contribution in [3.8, 4) is 0 Å². The second kappa shape index (κ2) is 5.40. The largest absolute Gasteiger partial charge is 0.367 e. The first kappa shape index (κ1) is 15.3. The zero-order valence-electron chi connectivity index (χ0n) is 12.8. The Morgan fingerprint density at radius 2 is 2.12 bits per heavy atom. The molecule has 2 saturated heterocycles.